The minimum absolute atomic E-state index is 0.205. The molecule has 0 bridgehead atoms. The SMILES string of the molecule is NCc1ccc(-c2nc3c(Nc4ccc(OCc5cccc(F)c5)c(Cl)c4)ncnc3s2)o1. The number of ether oxygens (including phenoxy) is 1. The molecular weight excluding hydrogens is 465 g/mol. The number of anilines is 2. The van der Waals surface area contributed by atoms with Crippen molar-refractivity contribution >= 4 is 44.8 Å². The Morgan fingerprint density at radius 3 is 2.82 bits per heavy atom. The predicted octanol–water partition coefficient (Wildman–Crippen LogP) is 5.92. The van der Waals surface area contributed by atoms with Crippen molar-refractivity contribution in [2.24, 2.45) is 5.73 Å². The summed E-state index contributed by atoms with van der Waals surface area (Å²) in [6.45, 7) is 0.525. The Hall–Kier alpha value is -3.53. The van der Waals surface area contributed by atoms with Gasteiger partial charge in [-0.25, -0.2) is 19.3 Å². The zero-order valence-electron chi connectivity index (χ0n) is 17.1. The molecule has 0 aliphatic heterocycles. The number of furan rings is 1. The van der Waals surface area contributed by atoms with Crippen LogP contribution in [-0.4, -0.2) is 15.0 Å². The molecule has 166 valence electrons. The zero-order valence-corrected chi connectivity index (χ0v) is 18.7. The number of benzene rings is 2. The molecule has 0 atom stereocenters. The molecule has 0 amide bonds. The number of rotatable bonds is 7. The summed E-state index contributed by atoms with van der Waals surface area (Å²) >= 11 is 7.80. The standard InChI is InChI=1S/C23H17ClFN5O2S/c24-17-9-15(4-6-18(17)31-11-13-2-1-3-14(25)8-13)29-21-20-23(28-12-27-21)33-22(30-20)19-7-5-16(10-26)32-19/h1-9,12H,10-11,26H2,(H,27,28,29). The minimum atomic E-state index is -0.310. The smallest absolute Gasteiger partial charge is 0.163 e. The Kier molecular flexibility index (Phi) is 5.91. The third-order valence-electron chi connectivity index (χ3n) is 4.75. The van der Waals surface area contributed by atoms with Crippen LogP contribution in [0.25, 0.3) is 21.1 Å². The highest BCUT2D eigenvalue weighted by molar-refractivity contribution is 7.21. The maximum Gasteiger partial charge on any atom is 0.163 e. The fourth-order valence-electron chi connectivity index (χ4n) is 3.17. The average molecular weight is 482 g/mol. The van der Waals surface area contributed by atoms with Crippen molar-refractivity contribution in [3.63, 3.8) is 0 Å². The van der Waals surface area contributed by atoms with Crippen LogP contribution in [0.15, 0.2) is 65.3 Å². The highest BCUT2D eigenvalue weighted by atomic mass is 35.5. The van der Waals surface area contributed by atoms with E-state index in [-0.39, 0.29) is 12.4 Å². The third kappa shape index (κ3) is 4.65. The van der Waals surface area contributed by atoms with Gasteiger partial charge in [-0.1, -0.05) is 35.1 Å². The lowest BCUT2D eigenvalue weighted by Gasteiger charge is -2.11. The van der Waals surface area contributed by atoms with Crippen LogP contribution in [0.4, 0.5) is 15.9 Å². The summed E-state index contributed by atoms with van der Waals surface area (Å²) in [5.41, 5.74) is 7.66. The number of nitrogens with two attached hydrogens (primary N) is 1. The summed E-state index contributed by atoms with van der Waals surface area (Å²) in [5, 5.41) is 4.33. The molecule has 0 radical (unpaired) electrons. The molecule has 3 N–H and O–H groups in total. The van der Waals surface area contributed by atoms with Crippen LogP contribution in [0, 0.1) is 5.82 Å². The maximum atomic E-state index is 13.3. The van der Waals surface area contributed by atoms with Gasteiger partial charge in [0.1, 0.15) is 40.6 Å². The van der Waals surface area contributed by atoms with E-state index in [0.29, 0.717) is 61.3 Å². The minimum Gasteiger partial charge on any atom is -0.487 e. The summed E-state index contributed by atoms with van der Waals surface area (Å²) in [5.74, 6) is 2.03. The molecule has 2 aromatic carbocycles. The van der Waals surface area contributed by atoms with Gasteiger partial charge in [0.25, 0.3) is 0 Å². The van der Waals surface area contributed by atoms with E-state index in [9.17, 15) is 4.39 Å². The molecule has 0 saturated carbocycles. The molecule has 0 aliphatic rings. The highest BCUT2D eigenvalue weighted by Crippen LogP contribution is 2.34. The van der Waals surface area contributed by atoms with Gasteiger partial charge in [-0.05, 0) is 48.0 Å². The topological polar surface area (TPSA) is 99.1 Å². The van der Waals surface area contributed by atoms with E-state index in [0.717, 1.165) is 0 Å². The fraction of sp³-hybridized carbons (Fsp3) is 0.0870. The monoisotopic (exact) mass is 481 g/mol. The Morgan fingerprint density at radius 2 is 2.03 bits per heavy atom. The van der Waals surface area contributed by atoms with Gasteiger partial charge >= 0.3 is 0 Å². The van der Waals surface area contributed by atoms with Crippen LogP contribution >= 0.6 is 22.9 Å². The molecule has 0 unspecified atom stereocenters. The normalized spacial score (nSPS) is 11.1. The van der Waals surface area contributed by atoms with Gasteiger partial charge in [-0.2, -0.15) is 0 Å². The van der Waals surface area contributed by atoms with E-state index in [1.54, 1.807) is 24.3 Å². The average Bonchev–Trinajstić information content (AvgIpc) is 3.46. The lowest BCUT2D eigenvalue weighted by atomic mass is 10.2. The highest BCUT2D eigenvalue weighted by Gasteiger charge is 2.15. The van der Waals surface area contributed by atoms with Crippen LogP contribution in [0.3, 0.4) is 0 Å². The van der Waals surface area contributed by atoms with Gasteiger partial charge < -0.3 is 20.2 Å². The van der Waals surface area contributed by atoms with Gasteiger partial charge in [-0.15, -0.1) is 0 Å². The van der Waals surface area contributed by atoms with Gasteiger partial charge in [-0.3, -0.25) is 0 Å². The van der Waals surface area contributed by atoms with Crippen molar-refractivity contribution in [3.8, 4) is 16.5 Å². The van der Waals surface area contributed by atoms with Crippen molar-refractivity contribution in [3.05, 3.63) is 83.1 Å². The van der Waals surface area contributed by atoms with E-state index in [1.165, 1.54) is 29.8 Å². The molecule has 0 spiro atoms. The van der Waals surface area contributed by atoms with Crippen LogP contribution < -0.4 is 15.8 Å². The second-order valence-electron chi connectivity index (χ2n) is 7.05. The summed E-state index contributed by atoms with van der Waals surface area (Å²) in [7, 11) is 0. The lowest BCUT2D eigenvalue weighted by Crippen LogP contribution is -1.98. The molecule has 5 aromatic rings. The number of thiazole rings is 1. The number of aromatic nitrogens is 3. The summed E-state index contributed by atoms with van der Waals surface area (Å²) in [6.07, 6.45) is 1.47. The van der Waals surface area contributed by atoms with Crippen molar-refractivity contribution in [2.45, 2.75) is 13.2 Å². The van der Waals surface area contributed by atoms with Crippen molar-refractivity contribution in [2.75, 3.05) is 5.32 Å². The van der Waals surface area contributed by atoms with Gasteiger partial charge in [0.05, 0.1) is 11.6 Å². The van der Waals surface area contributed by atoms with E-state index in [2.05, 4.69) is 20.3 Å². The van der Waals surface area contributed by atoms with E-state index < -0.39 is 0 Å². The van der Waals surface area contributed by atoms with Crippen molar-refractivity contribution in [1.82, 2.24) is 15.0 Å². The number of fused-ring (bicyclic) bond motifs is 1. The first-order valence-corrected chi connectivity index (χ1v) is 11.1. The Labute approximate surface area is 197 Å². The largest absolute Gasteiger partial charge is 0.487 e. The van der Waals surface area contributed by atoms with Crippen LogP contribution in [0.1, 0.15) is 11.3 Å². The second-order valence-corrected chi connectivity index (χ2v) is 8.44. The fourth-order valence-corrected chi connectivity index (χ4v) is 4.28. The Morgan fingerprint density at radius 1 is 1.12 bits per heavy atom. The number of nitrogens with zero attached hydrogens (tertiary/aromatic N) is 3. The Bertz CT molecular complexity index is 1440. The van der Waals surface area contributed by atoms with Crippen LogP contribution in [-0.2, 0) is 13.2 Å². The molecule has 33 heavy (non-hydrogen) atoms. The predicted molar refractivity (Wildman–Crippen MR) is 126 cm³/mol. The number of hydrogen-bond acceptors (Lipinski definition) is 8. The first-order valence-electron chi connectivity index (χ1n) is 9.93. The summed E-state index contributed by atoms with van der Waals surface area (Å²) in [4.78, 5) is 14.0. The maximum absolute atomic E-state index is 13.3. The second kappa shape index (κ2) is 9.14. The van der Waals surface area contributed by atoms with Crippen molar-refractivity contribution in [1.29, 1.82) is 0 Å². The molecule has 0 fully saturated rings. The van der Waals surface area contributed by atoms with E-state index >= 15 is 0 Å². The molecule has 3 aromatic heterocycles. The van der Waals surface area contributed by atoms with Gasteiger partial charge in [0, 0.05) is 5.69 Å². The van der Waals surface area contributed by atoms with Crippen LogP contribution in [0.2, 0.25) is 5.02 Å². The Balaban J connectivity index is 1.35. The van der Waals surface area contributed by atoms with E-state index in [4.69, 9.17) is 26.5 Å². The van der Waals surface area contributed by atoms with Crippen molar-refractivity contribution < 1.29 is 13.5 Å². The third-order valence-corrected chi connectivity index (χ3v) is 6.02. The molecule has 3 heterocycles. The van der Waals surface area contributed by atoms with E-state index in [1.807, 2.05) is 18.2 Å². The molecular formula is C23H17ClFN5O2S. The summed E-state index contributed by atoms with van der Waals surface area (Å²) in [6, 6.07) is 15.2. The molecule has 5 rings (SSSR count). The van der Waals surface area contributed by atoms with Crippen LogP contribution in [0.5, 0.6) is 5.75 Å². The molecule has 10 heteroatoms. The van der Waals surface area contributed by atoms with Gasteiger partial charge in [0.15, 0.2) is 16.6 Å². The zero-order chi connectivity index (χ0) is 22.8. The summed E-state index contributed by atoms with van der Waals surface area (Å²) < 4.78 is 24.8. The molecule has 0 saturated heterocycles. The lowest BCUT2D eigenvalue weighted by molar-refractivity contribution is 0.306. The number of nitrogens with one attached hydrogen (secondary N) is 1. The number of hydrogen-bond donors (Lipinski definition) is 2. The first kappa shape index (κ1) is 21.3. The first-order chi connectivity index (χ1) is 16.1. The number of halogens is 2. The molecule has 0 aliphatic carbocycles. The van der Waals surface area contributed by atoms with Gasteiger partial charge in [0.2, 0.25) is 0 Å². The molecule has 7 nitrogen and oxygen atoms in total. The quantitative estimate of drug-likeness (QED) is 0.297.